The summed E-state index contributed by atoms with van der Waals surface area (Å²) in [6.07, 6.45) is 1.23. The molecule has 0 aromatic rings. The lowest BCUT2D eigenvalue weighted by Gasteiger charge is -2.02. The first-order valence-corrected chi connectivity index (χ1v) is 5.75. The molecule has 1 aliphatic heterocycles. The minimum Gasteiger partial charge on any atom is -0.481 e. The highest BCUT2D eigenvalue weighted by molar-refractivity contribution is 8.15. The normalized spacial score (nSPS) is 23.1. The summed E-state index contributed by atoms with van der Waals surface area (Å²) in [5.41, 5.74) is 0. The molecule has 84 valence electrons. The minimum absolute atomic E-state index is 0.0578. The predicted molar refractivity (Wildman–Crippen MR) is 59.0 cm³/mol. The maximum absolute atomic E-state index is 11.4. The highest BCUT2D eigenvalue weighted by Gasteiger charge is 2.29. The highest BCUT2D eigenvalue weighted by Crippen LogP contribution is 2.23. The Hall–Kier alpha value is -1.04. The van der Waals surface area contributed by atoms with Gasteiger partial charge >= 0.3 is 5.97 Å². The number of nitrogens with one attached hydrogen (secondary N) is 1. The summed E-state index contributed by atoms with van der Waals surface area (Å²) in [4.78, 5) is 25.8. The van der Waals surface area contributed by atoms with Gasteiger partial charge in [-0.1, -0.05) is 11.8 Å². The van der Waals surface area contributed by atoms with E-state index in [1.165, 1.54) is 11.8 Å². The van der Waals surface area contributed by atoms with Crippen LogP contribution in [0, 0.1) is 0 Å². The van der Waals surface area contributed by atoms with Crippen LogP contribution in [0.1, 0.15) is 26.2 Å². The summed E-state index contributed by atoms with van der Waals surface area (Å²) in [5.74, 6) is -0.876. The van der Waals surface area contributed by atoms with Gasteiger partial charge in [0.1, 0.15) is 0 Å². The number of thioether (sulfide) groups is 1. The predicted octanol–water partition coefficient (Wildman–Crippen LogP) is 0.849. The van der Waals surface area contributed by atoms with E-state index in [4.69, 9.17) is 5.11 Å². The van der Waals surface area contributed by atoms with Gasteiger partial charge in [0, 0.05) is 13.0 Å². The van der Waals surface area contributed by atoms with Gasteiger partial charge in [-0.25, -0.2) is 0 Å². The number of carboxylic acids is 1. The van der Waals surface area contributed by atoms with Gasteiger partial charge in [-0.15, -0.1) is 0 Å². The summed E-state index contributed by atoms with van der Waals surface area (Å²) < 4.78 is 0. The zero-order valence-electron chi connectivity index (χ0n) is 8.52. The maximum atomic E-state index is 11.4. The van der Waals surface area contributed by atoms with E-state index in [2.05, 4.69) is 10.3 Å². The molecular formula is C9H14N2O3S. The molecule has 0 spiro atoms. The fourth-order valence-electron chi connectivity index (χ4n) is 1.25. The molecule has 0 saturated carbocycles. The Labute approximate surface area is 92.3 Å². The molecule has 0 bridgehead atoms. The summed E-state index contributed by atoms with van der Waals surface area (Å²) in [5, 5.41) is 11.6. The van der Waals surface area contributed by atoms with Crippen molar-refractivity contribution < 1.29 is 14.7 Å². The van der Waals surface area contributed by atoms with Crippen LogP contribution in [0.5, 0.6) is 0 Å². The first-order chi connectivity index (χ1) is 7.13. The van der Waals surface area contributed by atoms with Gasteiger partial charge in [0.15, 0.2) is 5.17 Å². The maximum Gasteiger partial charge on any atom is 0.303 e. The molecular weight excluding hydrogens is 216 g/mol. The molecule has 0 aromatic heterocycles. The van der Waals surface area contributed by atoms with Gasteiger partial charge < -0.3 is 10.4 Å². The monoisotopic (exact) mass is 230 g/mol. The third-order valence-electron chi connectivity index (χ3n) is 1.94. The molecule has 6 heteroatoms. The Morgan fingerprint density at radius 3 is 3.00 bits per heavy atom. The number of aliphatic carboxylic acids is 1. The van der Waals surface area contributed by atoms with E-state index in [1.54, 1.807) is 0 Å². The minimum atomic E-state index is -0.819. The second-order valence-electron chi connectivity index (χ2n) is 3.16. The van der Waals surface area contributed by atoms with Crippen LogP contribution in [0.25, 0.3) is 0 Å². The van der Waals surface area contributed by atoms with E-state index >= 15 is 0 Å². The van der Waals surface area contributed by atoms with Crippen LogP contribution in [-0.4, -0.2) is 33.9 Å². The van der Waals surface area contributed by atoms with Crippen LogP contribution in [0.15, 0.2) is 4.99 Å². The number of hydrogen-bond donors (Lipinski definition) is 2. The fraction of sp³-hybridized carbons (Fsp3) is 0.667. The van der Waals surface area contributed by atoms with Crippen molar-refractivity contribution >= 4 is 28.8 Å². The molecule has 0 aliphatic carbocycles. The van der Waals surface area contributed by atoms with E-state index in [0.717, 1.165) is 0 Å². The van der Waals surface area contributed by atoms with Gasteiger partial charge in [0.2, 0.25) is 5.91 Å². The van der Waals surface area contributed by atoms with E-state index in [-0.39, 0.29) is 17.6 Å². The third kappa shape index (κ3) is 3.91. The number of carbonyl (C=O) groups excluding carboxylic acids is 1. The van der Waals surface area contributed by atoms with Crippen LogP contribution < -0.4 is 5.32 Å². The van der Waals surface area contributed by atoms with Crippen LogP contribution in [0.2, 0.25) is 0 Å². The highest BCUT2D eigenvalue weighted by atomic mass is 32.2. The quantitative estimate of drug-likeness (QED) is 0.734. The molecule has 1 unspecified atom stereocenters. The number of amides is 1. The zero-order valence-corrected chi connectivity index (χ0v) is 9.34. The number of carbonyl (C=O) groups is 2. The van der Waals surface area contributed by atoms with E-state index in [9.17, 15) is 9.59 Å². The molecule has 1 rings (SSSR count). The van der Waals surface area contributed by atoms with E-state index in [1.807, 2.05) is 6.92 Å². The van der Waals surface area contributed by atoms with Gasteiger partial charge in [-0.05, 0) is 19.8 Å². The lowest BCUT2D eigenvalue weighted by Crippen LogP contribution is -2.25. The molecule has 15 heavy (non-hydrogen) atoms. The third-order valence-corrected chi connectivity index (χ3v) is 3.12. The fourth-order valence-corrected chi connectivity index (χ4v) is 2.34. The second kappa shape index (κ2) is 5.75. The Bertz CT molecular complexity index is 291. The molecule has 0 aromatic carbocycles. The number of nitrogens with zero attached hydrogens (tertiary/aromatic N) is 1. The standard InChI is InChI=1S/C9H14N2O3S/c1-2-10-9-11-8(14)6(15-9)4-3-5-7(12)13/h6H,2-5H2,1H3,(H,12,13)(H,10,11,14). The average Bonchev–Trinajstić information content (AvgIpc) is 2.47. The molecule has 2 N–H and O–H groups in total. The Morgan fingerprint density at radius 1 is 1.67 bits per heavy atom. The molecule has 1 atom stereocenters. The Kier molecular flexibility index (Phi) is 4.61. The van der Waals surface area contributed by atoms with Crippen LogP contribution in [-0.2, 0) is 9.59 Å². The SMILES string of the molecule is CCN=C1NC(=O)C(CCCC(=O)O)S1. The summed E-state index contributed by atoms with van der Waals surface area (Å²) in [7, 11) is 0. The Balaban J connectivity index is 2.34. The number of amidine groups is 1. The van der Waals surface area contributed by atoms with Crippen molar-refractivity contribution in [3.8, 4) is 0 Å². The van der Waals surface area contributed by atoms with Gasteiger partial charge in [0.05, 0.1) is 5.25 Å². The number of rotatable bonds is 5. The lowest BCUT2D eigenvalue weighted by molar-refractivity contribution is -0.137. The largest absolute Gasteiger partial charge is 0.481 e. The number of aliphatic imine (C=N–C) groups is 1. The van der Waals surface area contributed by atoms with Gasteiger partial charge in [0.25, 0.3) is 0 Å². The average molecular weight is 230 g/mol. The topological polar surface area (TPSA) is 78.8 Å². The van der Waals surface area contributed by atoms with E-state index < -0.39 is 5.97 Å². The molecule has 1 heterocycles. The Morgan fingerprint density at radius 2 is 2.40 bits per heavy atom. The van der Waals surface area contributed by atoms with Crippen molar-refractivity contribution in [3.63, 3.8) is 0 Å². The van der Waals surface area contributed by atoms with Crippen molar-refractivity contribution in [2.45, 2.75) is 31.4 Å². The van der Waals surface area contributed by atoms with Crippen LogP contribution in [0.3, 0.4) is 0 Å². The van der Waals surface area contributed by atoms with Crippen LogP contribution in [0.4, 0.5) is 0 Å². The molecule has 1 fully saturated rings. The number of hydrogen-bond acceptors (Lipinski definition) is 4. The molecule has 1 saturated heterocycles. The first-order valence-electron chi connectivity index (χ1n) is 4.87. The smallest absolute Gasteiger partial charge is 0.303 e. The second-order valence-corrected chi connectivity index (χ2v) is 4.35. The summed E-state index contributed by atoms with van der Waals surface area (Å²) in [6.45, 7) is 2.54. The first kappa shape index (κ1) is 12.0. The van der Waals surface area contributed by atoms with E-state index in [0.29, 0.717) is 24.6 Å². The number of carboxylic acid groups (broad SMARTS) is 1. The van der Waals surface area contributed by atoms with Gasteiger partial charge in [-0.3, -0.25) is 14.6 Å². The van der Waals surface area contributed by atoms with Crippen molar-refractivity contribution in [1.82, 2.24) is 5.32 Å². The molecule has 5 nitrogen and oxygen atoms in total. The van der Waals surface area contributed by atoms with Crippen molar-refractivity contribution in [2.75, 3.05) is 6.54 Å². The van der Waals surface area contributed by atoms with Gasteiger partial charge in [-0.2, -0.15) is 0 Å². The molecule has 1 amide bonds. The summed E-state index contributed by atoms with van der Waals surface area (Å²) in [6, 6.07) is 0. The zero-order chi connectivity index (χ0) is 11.3. The van der Waals surface area contributed by atoms with Crippen molar-refractivity contribution in [3.05, 3.63) is 0 Å². The van der Waals surface area contributed by atoms with Crippen molar-refractivity contribution in [1.29, 1.82) is 0 Å². The molecule has 1 aliphatic rings. The summed E-state index contributed by atoms with van der Waals surface area (Å²) >= 11 is 1.39. The van der Waals surface area contributed by atoms with Crippen LogP contribution >= 0.6 is 11.8 Å². The van der Waals surface area contributed by atoms with Crippen molar-refractivity contribution in [2.24, 2.45) is 4.99 Å². The lowest BCUT2D eigenvalue weighted by atomic mass is 10.2. The molecule has 0 radical (unpaired) electrons.